The summed E-state index contributed by atoms with van der Waals surface area (Å²) in [6.07, 6.45) is 3.36. The monoisotopic (exact) mass is 217 g/mol. The van der Waals surface area contributed by atoms with Crippen molar-refractivity contribution in [2.45, 2.75) is 33.6 Å². The highest BCUT2D eigenvalue weighted by atomic mass is 16.4. The standard InChI is InChI=1S/C14H19NO/c1-4-12(10-15-16)14(5-2)13-8-6-11(3)7-9-13/h6-10,16H,4-5H2,1-3H3/b14-12-,15-10+. The van der Waals surface area contributed by atoms with Gasteiger partial charge in [-0.3, -0.25) is 0 Å². The number of allylic oxidation sites excluding steroid dienone is 2. The zero-order valence-corrected chi connectivity index (χ0v) is 10.2. The highest BCUT2D eigenvalue weighted by Gasteiger charge is 2.04. The minimum Gasteiger partial charge on any atom is -0.411 e. The van der Waals surface area contributed by atoms with Gasteiger partial charge in [-0.05, 0) is 36.5 Å². The van der Waals surface area contributed by atoms with E-state index >= 15 is 0 Å². The lowest BCUT2D eigenvalue weighted by molar-refractivity contribution is 0.321. The minimum absolute atomic E-state index is 0.876. The maximum Gasteiger partial charge on any atom is 0.0696 e. The maximum atomic E-state index is 8.64. The van der Waals surface area contributed by atoms with Gasteiger partial charge in [0.2, 0.25) is 0 Å². The molecule has 0 aliphatic heterocycles. The van der Waals surface area contributed by atoms with Gasteiger partial charge in [-0.25, -0.2) is 0 Å². The van der Waals surface area contributed by atoms with Gasteiger partial charge in [0.15, 0.2) is 0 Å². The fraction of sp³-hybridized carbons (Fsp3) is 0.357. The van der Waals surface area contributed by atoms with Crippen LogP contribution in [-0.4, -0.2) is 11.4 Å². The van der Waals surface area contributed by atoms with Crippen LogP contribution in [0.5, 0.6) is 0 Å². The molecule has 86 valence electrons. The van der Waals surface area contributed by atoms with Crippen molar-refractivity contribution in [2.24, 2.45) is 5.16 Å². The van der Waals surface area contributed by atoms with Crippen molar-refractivity contribution in [3.05, 3.63) is 41.0 Å². The first kappa shape index (κ1) is 12.5. The number of hydrogen-bond acceptors (Lipinski definition) is 2. The lowest BCUT2D eigenvalue weighted by Crippen LogP contribution is -1.92. The molecule has 0 aliphatic rings. The van der Waals surface area contributed by atoms with Crippen LogP contribution in [0, 0.1) is 6.92 Å². The summed E-state index contributed by atoms with van der Waals surface area (Å²) in [5, 5.41) is 11.8. The number of benzene rings is 1. The molecule has 0 radical (unpaired) electrons. The number of nitrogens with zero attached hydrogens (tertiary/aromatic N) is 1. The third kappa shape index (κ3) is 2.96. The summed E-state index contributed by atoms with van der Waals surface area (Å²) >= 11 is 0. The molecule has 0 saturated heterocycles. The van der Waals surface area contributed by atoms with Crippen LogP contribution in [0.1, 0.15) is 37.8 Å². The molecule has 0 spiro atoms. The van der Waals surface area contributed by atoms with Crippen molar-refractivity contribution in [1.82, 2.24) is 0 Å². The van der Waals surface area contributed by atoms with Crippen LogP contribution in [0.4, 0.5) is 0 Å². The second-order valence-corrected chi connectivity index (χ2v) is 3.82. The van der Waals surface area contributed by atoms with E-state index in [2.05, 4.69) is 50.2 Å². The van der Waals surface area contributed by atoms with Gasteiger partial charge in [-0.2, -0.15) is 0 Å². The van der Waals surface area contributed by atoms with E-state index in [0.29, 0.717) is 0 Å². The third-order valence-electron chi connectivity index (χ3n) is 2.74. The number of aryl methyl sites for hydroxylation is 1. The van der Waals surface area contributed by atoms with Gasteiger partial charge in [-0.1, -0.05) is 48.8 Å². The smallest absolute Gasteiger partial charge is 0.0696 e. The van der Waals surface area contributed by atoms with Gasteiger partial charge in [0.1, 0.15) is 0 Å². The van der Waals surface area contributed by atoms with Crippen LogP contribution < -0.4 is 0 Å². The highest BCUT2D eigenvalue weighted by Crippen LogP contribution is 2.23. The van der Waals surface area contributed by atoms with Crippen molar-refractivity contribution >= 4 is 11.8 Å². The molecule has 1 N–H and O–H groups in total. The molecule has 1 aromatic rings. The summed E-state index contributed by atoms with van der Waals surface area (Å²) in [6, 6.07) is 8.45. The van der Waals surface area contributed by atoms with Crippen molar-refractivity contribution in [2.75, 3.05) is 0 Å². The molecule has 16 heavy (non-hydrogen) atoms. The van der Waals surface area contributed by atoms with E-state index in [0.717, 1.165) is 18.4 Å². The Morgan fingerprint density at radius 1 is 1.19 bits per heavy atom. The Kier molecular flexibility index (Phi) is 4.77. The zero-order chi connectivity index (χ0) is 12.0. The van der Waals surface area contributed by atoms with Crippen molar-refractivity contribution < 1.29 is 5.21 Å². The predicted octanol–water partition coefficient (Wildman–Crippen LogP) is 4.03. The van der Waals surface area contributed by atoms with Crippen molar-refractivity contribution in [3.63, 3.8) is 0 Å². The predicted molar refractivity (Wildman–Crippen MR) is 69.0 cm³/mol. The maximum absolute atomic E-state index is 8.64. The Balaban J connectivity index is 3.19. The zero-order valence-electron chi connectivity index (χ0n) is 10.2. The number of oxime groups is 1. The average Bonchev–Trinajstić information content (AvgIpc) is 2.31. The van der Waals surface area contributed by atoms with E-state index in [1.165, 1.54) is 16.7 Å². The quantitative estimate of drug-likeness (QED) is 0.461. The first-order valence-corrected chi connectivity index (χ1v) is 5.69. The molecule has 0 aliphatic carbocycles. The molecule has 0 fully saturated rings. The fourth-order valence-electron chi connectivity index (χ4n) is 1.82. The second-order valence-electron chi connectivity index (χ2n) is 3.82. The summed E-state index contributed by atoms with van der Waals surface area (Å²) in [7, 11) is 0. The number of rotatable bonds is 4. The molecular formula is C14H19NO. The molecule has 1 aromatic carbocycles. The normalized spacial score (nSPS) is 12.9. The van der Waals surface area contributed by atoms with Crippen LogP contribution in [0.25, 0.3) is 5.57 Å². The lowest BCUT2D eigenvalue weighted by atomic mass is 9.96. The molecule has 0 amide bonds. The van der Waals surface area contributed by atoms with Crippen LogP contribution in [0.15, 0.2) is 35.0 Å². The molecule has 0 aromatic heterocycles. The molecular weight excluding hydrogens is 198 g/mol. The summed E-state index contributed by atoms with van der Waals surface area (Å²) in [6.45, 7) is 6.27. The molecule has 2 heteroatoms. The van der Waals surface area contributed by atoms with Gasteiger partial charge in [0.05, 0.1) is 6.21 Å². The fourth-order valence-corrected chi connectivity index (χ4v) is 1.82. The first-order valence-electron chi connectivity index (χ1n) is 5.69. The first-order chi connectivity index (χ1) is 7.72. The molecule has 0 unspecified atom stereocenters. The molecule has 1 rings (SSSR count). The minimum atomic E-state index is 0.876. The summed E-state index contributed by atoms with van der Waals surface area (Å²) in [5.41, 5.74) is 4.81. The van der Waals surface area contributed by atoms with Crippen LogP contribution >= 0.6 is 0 Å². The van der Waals surface area contributed by atoms with Gasteiger partial charge >= 0.3 is 0 Å². The van der Waals surface area contributed by atoms with Crippen molar-refractivity contribution in [1.29, 1.82) is 0 Å². The van der Waals surface area contributed by atoms with Gasteiger partial charge in [-0.15, -0.1) is 0 Å². The molecule has 0 bridgehead atoms. The number of hydrogen-bond donors (Lipinski definition) is 1. The Hall–Kier alpha value is -1.57. The summed E-state index contributed by atoms with van der Waals surface area (Å²) in [5.74, 6) is 0. The van der Waals surface area contributed by atoms with Crippen LogP contribution in [-0.2, 0) is 0 Å². The Morgan fingerprint density at radius 2 is 1.81 bits per heavy atom. The second kappa shape index (κ2) is 6.11. The van der Waals surface area contributed by atoms with Gasteiger partial charge < -0.3 is 5.21 Å². The van der Waals surface area contributed by atoms with E-state index in [9.17, 15) is 0 Å². The summed E-state index contributed by atoms with van der Waals surface area (Å²) < 4.78 is 0. The van der Waals surface area contributed by atoms with Crippen LogP contribution in [0.3, 0.4) is 0 Å². The van der Waals surface area contributed by atoms with E-state index in [1.807, 2.05) is 0 Å². The largest absolute Gasteiger partial charge is 0.411 e. The molecule has 2 nitrogen and oxygen atoms in total. The topological polar surface area (TPSA) is 32.6 Å². The van der Waals surface area contributed by atoms with Gasteiger partial charge in [0, 0.05) is 0 Å². The van der Waals surface area contributed by atoms with Crippen LogP contribution in [0.2, 0.25) is 0 Å². The van der Waals surface area contributed by atoms with Gasteiger partial charge in [0.25, 0.3) is 0 Å². The Morgan fingerprint density at radius 3 is 2.25 bits per heavy atom. The Bertz CT molecular complexity index is 388. The lowest BCUT2D eigenvalue weighted by Gasteiger charge is -2.09. The van der Waals surface area contributed by atoms with E-state index in [1.54, 1.807) is 6.21 Å². The highest BCUT2D eigenvalue weighted by molar-refractivity contribution is 5.90. The van der Waals surface area contributed by atoms with E-state index in [4.69, 9.17) is 5.21 Å². The Labute approximate surface area is 97.3 Å². The van der Waals surface area contributed by atoms with E-state index < -0.39 is 0 Å². The van der Waals surface area contributed by atoms with Crippen molar-refractivity contribution in [3.8, 4) is 0 Å². The third-order valence-corrected chi connectivity index (χ3v) is 2.74. The SMILES string of the molecule is CCC(/C=N/O)=C(\CC)c1ccc(C)cc1. The average molecular weight is 217 g/mol. The molecule has 0 saturated carbocycles. The molecule has 0 heterocycles. The van der Waals surface area contributed by atoms with E-state index in [-0.39, 0.29) is 0 Å². The molecule has 0 atom stereocenters. The summed E-state index contributed by atoms with van der Waals surface area (Å²) in [4.78, 5) is 0.